The molecule has 4 rings (SSSR count). The van der Waals surface area contributed by atoms with Gasteiger partial charge in [-0.3, -0.25) is 0 Å². The van der Waals surface area contributed by atoms with Gasteiger partial charge < -0.3 is 15.5 Å². The Morgan fingerprint density at radius 2 is 2.04 bits per heavy atom. The largest absolute Gasteiger partial charge is 0.357 e. The number of piperidine rings is 1. The van der Waals surface area contributed by atoms with Crippen LogP contribution in [-0.4, -0.2) is 52.4 Å². The van der Waals surface area contributed by atoms with Crippen molar-refractivity contribution in [1.29, 1.82) is 0 Å². The minimum atomic E-state index is 0.521. The Labute approximate surface area is 161 Å². The van der Waals surface area contributed by atoms with Crippen molar-refractivity contribution >= 4 is 5.96 Å². The molecule has 6 heteroatoms. The van der Waals surface area contributed by atoms with Gasteiger partial charge in [0.2, 0.25) is 0 Å². The summed E-state index contributed by atoms with van der Waals surface area (Å²) >= 11 is 0. The molecule has 2 fully saturated rings. The predicted molar refractivity (Wildman–Crippen MR) is 109 cm³/mol. The zero-order valence-corrected chi connectivity index (χ0v) is 16.1. The van der Waals surface area contributed by atoms with Gasteiger partial charge in [0, 0.05) is 44.1 Å². The van der Waals surface area contributed by atoms with E-state index >= 15 is 0 Å². The zero-order chi connectivity index (χ0) is 18.5. The number of guanidine groups is 1. The normalized spacial score (nSPS) is 19.2. The second-order valence-corrected chi connectivity index (χ2v) is 7.50. The molecule has 2 heterocycles. The van der Waals surface area contributed by atoms with E-state index in [4.69, 9.17) is 4.99 Å². The third-order valence-corrected chi connectivity index (χ3v) is 5.38. The molecular formula is C21H30N6. The summed E-state index contributed by atoms with van der Waals surface area (Å²) in [7, 11) is 0. The molecule has 1 aromatic carbocycles. The Morgan fingerprint density at radius 3 is 2.74 bits per heavy atom. The lowest BCUT2D eigenvalue weighted by molar-refractivity contribution is 0.197. The molecular weight excluding hydrogens is 336 g/mol. The average molecular weight is 367 g/mol. The van der Waals surface area contributed by atoms with Crippen LogP contribution in [0.2, 0.25) is 0 Å². The number of hydrogen-bond donors (Lipinski definition) is 2. The molecule has 0 amide bonds. The van der Waals surface area contributed by atoms with Crippen LogP contribution in [0, 0.1) is 0 Å². The van der Waals surface area contributed by atoms with Crippen LogP contribution in [0.4, 0.5) is 0 Å². The van der Waals surface area contributed by atoms with Crippen LogP contribution < -0.4 is 10.6 Å². The SMILES string of the molecule is CCNC(=NCc1cccc(-n2cccn2)c1)NC1CCN(C2CC2)CC1. The summed E-state index contributed by atoms with van der Waals surface area (Å²) in [6.45, 7) is 6.08. The highest BCUT2D eigenvalue weighted by Gasteiger charge is 2.31. The summed E-state index contributed by atoms with van der Waals surface area (Å²) < 4.78 is 1.88. The number of nitrogens with zero attached hydrogens (tertiary/aromatic N) is 4. The number of hydrogen-bond acceptors (Lipinski definition) is 3. The molecule has 0 atom stereocenters. The summed E-state index contributed by atoms with van der Waals surface area (Å²) in [5.74, 6) is 0.923. The quantitative estimate of drug-likeness (QED) is 0.609. The molecule has 0 spiro atoms. The van der Waals surface area contributed by atoms with Crippen LogP contribution in [0.1, 0.15) is 38.2 Å². The van der Waals surface area contributed by atoms with Gasteiger partial charge in [-0.25, -0.2) is 9.67 Å². The highest BCUT2D eigenvalue weighted by atomic mass is 15.3. The van der Waals surface area contributed by atoms with Crippen molar-refractivity contribution in [2.45, 2.75) is 51.2 Å². The van der Waals surface area contributed by atoms with Gasteiger partial charge in [-0.1, -0.05) is 12.1 Å². The van der Waals surface area contributed by atoms with Crippen molar-refractivity contribution in [1.82, 2.24) is 25.3 Å². The number of likely N-dealkylation sites (tertiary alicyclic amines) is 1. The Balaban J connectivity index is 1.35. The van der Waals surface area contributed by atoms with Crippen LogP contribution >= 0.6 is 0 Å². The number of rotatable bonds is 6. The Kier molecular flexibility index (Phi) is 5.72. The van der Waals surface area contributed by atoms with E-state index in [1.54, 1.807) is 6.20 Å². The van der Waals surface area contributed by atoms with Crippen LogP contribution in [0.3, 0.4) is 0 Å². The maximum Gasteiger partial charge on any atom is 0.191 e. The first-order chi connectivity index (χ1) is 13.3. The maximum absolute atomic E-state index is 4.82. The highest BCUT2D eigenvalue weighted by molar-refractivity contribution is 5.80. The number of benzene rings is 1. The van der Waals surface area contributed by atoms with E-state index in [1.165, 1.54) is 44.3 Å². The van der Waals surface area contributed by atoms with Gasteiger partial charge in [-0.15, -0.1) is 0 Å². The van der Waals surface area contributed by atoms with Gasteiger partial charge in [0.05, 0.1) is 12.2 Å². The summed E-state index contributed by atoms with van der Waals surface area (Å²) in [5.41, 5.74) is 2.25. The smallest absolute Gasteiger partial charge is 0.191 e. The maximum atomic E-state index is 4.82. The molecule has 2 aliphatic rings. The Hall–Kier alpha value is -2.34. The zero-order valence-electron chi connectivity index (χ0n) is 16.1. The van der Waals surface area contributed by atoms with Crippen molar-refractivity contribution in [3.8, 4) is 5.69 Å². The summed E-state index contributed by atoms with van der Waals surface area (Å²) in [4.78, 5) is 7.47. The van der Waals surface area contributed by atoms with Crippen LogP contribution in [0.15, 0.2) is 47.7 Å². The van der Waals surface area contributed by atoms with Gasteiger partial charge in [0.25, 0.3) is 0 Å². The van der Waals surface area contributed by atoms with E-state index in [1.807, 2.05) is 16.9 Å². The lowest BCUT2D eigenvalue weighted by atomic mass is 10.1. The first-order valence-corrected chi connectivity index (χ1v) is 10.2. The van der Waals surface area contributed by atoms with E-state index in [9.17, 15) is 0 Å². The molecule has 1 aliphatic heterocycles. The fourth-order valence-corrected chi connectivity index (χ4v) is 3.75. The third kappa shape index (κ3) is 4.89. The molecule has 0 unspecified atom stereocenters. The van der Waals surface area contributed by atoms with Crippen molar-refractivity contribution in [3.05, 3.63) is 48.3 Å². The molecule has 2 N–H and O–H groups in total. The molecule has 144 valence electrons. The summed E-state index contributed by atoms with van der Waals surface area (Å²) in [6, 6.07) is 11.7. The van der Waals surface area contributed by atoms with Gasteiger partial charge in [-0.2, -0.15) is 5.10 Å². The number of nitrogens with one attached hydrogen (secondary N) is 2. The first-order valence-electron chi connectivity index (χ1n) is 10.2. The fourth-order valence-electron chi connectivity index (χ4n) is 3.75. The number of aliphatic imine (C=N–C) groups is 1. The minimum absolute atomic E-state index is 0.521. The Bertz CT molecular complexity index is 742. The van der Waals surface area contributed by atoms with Gasteiger partial charge >= 0.3 is 0 Å². The van der Waals surface area contributed by atoms with Crippen molar-refractivity contribution in [2.75, 3.05) is 19.6 Å². The van der Waals surface area contributed by atoms with Crippen molar-refractivity contribution in [2.24, 2.45) is 4.99 Å². The van der Waals surface area contributed by atoms with Gasteiger partial charge in [0.15, 0.2) is 5.96 Å². The number of aromatic nitrogens is 2. The van der Waals surface area contributed by atoms with Crippen LogP contribution in [0.25, 0.3) is 5.69 Å². The lowest BCUT2D eigenvalue weighted by Crippen LogP contribution is -2.49. The molecule has 2 aromatic rings. The predicted octanol–water partition coefficient (Wildman–Crippen LogP) is 2.55. The summed E-state index contributed by atoms with van der Waals surface area (Å²) in [5, 5.41) is 11.3. The standard InChI is InChI=1S/C21H30N6/c1-2-22-21(25-18-9-13-26(14-10-18)19-7-8-19)23-16-17-5-3-6-20(15-17)27-12-4-11-24-27/h3-6,11-12,15,18-19H,2,7-10,13-14,16H2,1H3,(H2,22,23,25). The third-order valence-electron chi connectivity index (χ3n) is 5.38. The monoisotopic (exact) mass is 366 g/mol. The topological polar surface area (TPSA) is 57.5 Å². The first kappa shape index (κ1) is 18.0. The van der Waals surface area contributed by atoms with Crippen LogP contribution in [-0.2, 0) is 6.54 Å². The molecule has 1 saturated carbocycles. The molecule has 1 saturated heterocycles. The minimum Gasteiger partial charge on any atom is -0.357 e. The highest BCUT2D eigenvalue weighted by Crippen LogP contribution is 2.29. The van der Waals surface area contributed by atoms with E-state index < -0.39 is 0 Å². The van der Waals surface area contributed by atoms with Crippen molar-refractivity contribution in [3.63, 3.8) is 0 Å². The lowest BCUT2D eigenvalue weighted by Gasteiger charge is -2.33. The molecule has 1 aromatic heterocycles. The van der Waals surface area contributed by atoms with E-state index in [2.05, 4.69) is 51.8 Å². The Morgan fingerprint density at radius 1 is 1.19 bits per heavy atom. The van der Waals surface area contributed by atoms with Crippen molar-refractivity contribution < 1.29 is 0 Å². The van der Waals surface area contributed by atoms with E-state index in [-0.39, 0.29) is 0 Å². The fraction of sp³-hybridized carbons (Fsp3) is 0.524. The molecule has 27 heavy (non-hydrogen) atoms. The summed E-state index contributed by atoms with van der Waals surface area (Å²) in [6.07, 6.45) is 8.97. The van der Waals surface area contributed by atoms with Gasteiger partial charge in [-0.05, 0) is 56.4 Å². The van der Waals surface area contributed by atoms with E-state index in [0.29, 0.717) is 12.6 Å². The van der Waals surface area contributed by atoms with Gasteiger partial charge in [0.1, 0.15) is 0 Å². The molecule has 1 aliphatic carbocycles. The second kappa shape index (κ2) is 8.57. The second-order valence-electron chi connectivity index (χ2n) is 7.50. The van der Waals surface area contributed by atoms with Crippen LogP contribution in [0.5, 0.6) is 0 Å². The average Bonchev–Trinajstić information content (AvgIpc) is 3.40. The molecule has 6 nitrogen and oxygen atoms in total. The molecule has 0 bridgehead atoms. The molecule has 0 radical (unpaired) electrons. The van der Waals surface area contributed by atoms with E-state index in [0.717, 1.165) is 24.2 Å².